The van der Waals surface area contributed by atoms with E-state index in [0.29, 0.717) is 12.0 Å². The first-order valence-electron chi connectivity index (χ1n) is 6.94. The Morgan fingerprint density at radius 1 is 1.32 bits per heavy atom. The summed E-state index contributed by atoms with van der Waals surface area (Å²) in [6, 6.07) is 7.20. The van der Waals surface area contributed by atoms with Crippen LogP contribution in [0.4, 0.5) is 8.78 Å². The highest BCUT2D eigenvalue weighted by molar-refractivity contribution is 5.27. The van der Waals surface area contributed by atoms with E-state index in [1.165, 1.54) is 0 Å². The molecule has 1 aliphatic rings. The zero-order valence-electron chi connectivity index (χ0n) is 11.6. The van der Waals surface area contributed by atoms with Crippen molar-refractivity contribution >= 4 is 0 Å². The summed E-state index contributed by atoms with van der Waals surface area (Å²) in [7, 11) is 1.96. The van der Waals surface area contributed by atoms with Crippen molar-refractivity contribution in [3.8, 4) is 0 Å². The molecular formula is C15H22F2N2. The van der Waals surface area contributed by atoms with Gasteiger partial charge >= 0.3 is 0 Å². The van der Waals surface area contributed by atoms with Crippen molar-refractivity contribution in [1.82, 2.24) is 10.2 Å². The van der Waals surface area contributed by atoms with Crippen molar-refractivity contribution in [2.24, 2.45) is 5.92 Å². The molecular weight excluding hydrogens is 246 g/mol. The molecule has 2 nitrogen and oxygen atoms in total. The summed E-state index contributed by atoms with van der Waals surface area (Å²) in [5.74, 6) is 0.558. The van der Waals surface area contributed by atoms with Gasteiger partial charge in [-0.3, -0.25) is 4.90 Å². The first kappa shape index (κ1) is 14.4. The third kappa shape index (κ3) is 3.12. The van der Waals surface area contributed by atoms with Crippen LogP contribution in [0, 0.1) is 5.92 Å². The van der Waals surface area contributed by atoms with Gasteiger partial charge in [-0.2, -0.15) is 0 Å². The lowest BCUT2D eigenvalue weighted by Crippen LogP contribution is -2.29. The smallest absolute Gasteiger partial charge is 0.263 e. The molecule has 1 heterocycles. The number of benzene rings is 1. The number of hydrogen-bond donors (Lipinski definition) is 1. The third-order valence-corrected chi connectivity index (χ3v) is 4.03. The minimum Gasteiger partial charge on any atom is -0.319 e. The molecule has 1 aromatic carbocycles. The Hall–Kier alpha value is -1.00. The standard InChI is InChI=1S/C15H22F2N2/c1-3-19-9-8-13(10-18-2)14(19)11-4-6-12(7-5-11)15(16)17/h4-7,13-15,18H,3,8-10H2,1-2H3. The molecule has 0 aliphatic carbocycles. The molecule has 2 atom stereocenters. The highest BCUT2D eigenvalue weighted by Crippen LogP contribution is 2.37. The molecule has 2 unspecified atom stereocenters. The van der Waals surface area contributed by atoms with E-state index in [9.17, 15) is 8.78 Å². The van der Waals surface area contributed by atoms with E-state index in [4.69, 9.17) is 0 Å². The van der Waals surface area contributed by atoms with Gasteiger partial charge in [-0.05, 0) is 44.6 Å². The summed E-state index contributed by atoms with van der Waals surface area (Å²) in [6.45, 7) is 5.21. The maximum absolute atomic E-state index is 12.6. The molecule has 19 heavy (non-hydrogen) atoms. The van der Waals surface area contributed by atoms with E-state index in [0.717, 1.165) is 31.6 Å². The Balaban J connectivity index is 2.20. The van der Waals surface area contributed by atoms with Crippen LogP contribution in [0.2, 0.25) is 0 Å². The first-order chi connectivity index (χ1) is 9.17. The van der Waals surface area contributed by atoms with Gasteiger partial charge in [0, 0.05) is 11.6 Å². The maximum atomic E-state index is 12.6. The Bertz CT molecular complexity index is 392. The lowest BCUT2D eigenvalue weighted by molar-refractivity contribution is 0.151. The lowest BCUT2D eigenvalue weighted by atomic mass is 9.93. The molecule has 0 spiro atoms. The maximum Gasteiger partial charge on any atom is 0.263 e. The third-order valence-electron chi connectivity index (χ3n) is 4.03. The molecule has 1 N–H and O–H groups in total. The molecule has 1 fully saturated rings. The molecule has 4 heteroatoms. The summed E-state index contributed by atoms with van der Waals surface area (Å²) < 4.78 is 25.2. The highest BCUT2D eigenvalue weighted by Gasteiger charge is 2.33. The van der Waals surface area contributed by atoms with E-state index in [-0.39, 0.29) is 5.56 Å². The topological polar surface area (TPSA) is 15.3 Å². The van der Waals surface area contributed by atoms with Crippen molar-refractivity contribution in [2.45, 2.75) is 25.8 Å². The fraction of sp³-hybridized carbons (Fsp3) is 0.600. The lowest BCUT2D eigenvalue weighted by Gasteiger charge is -2.27. The zero-order chi connectivity index (χ0) is 13.8. The normalized spacial score (nSPS) is 24.3. The molecule has 0 amide bonds. The minimum atomic E-state index is -2.38. The average Bonchev–Trinajstić information content (AvgIpc) is 2.82. The SMILES string of the molecule is CCN1CCC(CNC)C1c1ccc(C(F)F)cc1. The zero-order valence-corrected chi connectivity index (χ0v) is 11.6. The van der Waals surface area contributed by atoms with Crippen molar-refractivity contribution in [2.75, 3.05) is 26.7 Å². The second-order valence-corrected chi connectivity index (χ2v) is 5.15. The number of rotatable bonds is 5. The van der Waals surface area contributed by atoms with E-state index < -0.39 is 6.43 Å². The summed E-state index contributed by atoms with van der Waals surface area (Å²) in [5, 5.41) is 3.24. The monoisotopic (exact) mass is 268 g/mol. The molecule has 0 radical (unpaired) electrons. The van der Waals surface area contributed by atoms with Crippen LogP contribution in [0.1, 0.15) is 36.9 Å². The van der Waals surface area contributed by atoms with Crippen LogP contribution in [0.3, 0.4) is 0 Å². The molecule has 0 bridgehead atoms. The molecule has 0 saturated carbocycles. The van der Waals surface area contributed by atoms with Crippen molar-refractivity contribution in [1.29, 1.82) is 0 Å². The molecule has 0 aromatic heterocycles. The summed E-state index contributed by atoms with van der Waals surface area (Å²) in [4.78, 5) is 2.43. The van der Waals surface area contributed by atoms with Crippen LogP contribution in [-0.4, -0.2) is 31.6 Å². The van der Waals surface area contributed by atoms with Crippen LogP contribution in [0.15, 0.2) is 24.3 Å². The fourth-order valence-corrected chi connectivity index (χ4v) is 3.08. The van der Waals surface area contributed by atoms with Gasteiger partial charge in [0.1, 0.15) is 0 Å². The Morgan fingerprint density at radius 2 is 2.00 bits per heavy atom. The highest BCUT2D eigenvalue weighted by atomic mass is 19.3. The van der Waals surface area contributed by atoms with E-state index in [1.807, 2.05) is 19.2 Å². The van der Waals surface area contributed by atoms with Crippen LogP contribution in [0.5, 0.6) is 0 Å². The van der Waals surface area contributed by atoms with Crippen molar-refractivity contribution < 1.29 is 8.78 Å². The Kier molecular flexibility index (Phi) is 4.88. The van der Waals surface area contributed by atoms with Gasteiger partial charge in [0.25, 0.3) is 6.43 Å². The first-order valence-corrected chi connectivity index (χ1v) is 6.94. The number of alkyl halides is 2. The van der Waals surface area contributed by atoms with Gasteiger partial charge < -0.3 is 5.32 Å². The quantitative estimate of drug-likeness (QED) is 0.882. The van der Waals surface area contributed by atoms with Crippen LogP contribution < -0.4 is 5.32 Å². The number of hydrogen-bond acceptors (Lipinski definition) is 2. The predicted octanol–water partition coefficient (Wildman–Crippen LogP) is 3.23. The summed E-state index contributed by atoms with van der Waals surface area (Å²) in [5.41, 5.74) is 1.26. The second-order valence-electron chi connectivity index (χ2n) is 5.15. The van der Waals surface area contributed by atoms with Crippen LogP contribution in [-0.2, 0) is 0 Å². The van der Waals surface area contributed by atoms with E-state index in [1.54, 1.807) is 12.1 Å². The van der Waals surface area contributed by atoms with Gasteiger partial charge in [-0.15, -0.1) is 0 Å². The Morgan fingerprint density at radius 3 is 2.53 bits per heavy atom. The van der Waals surface area contributed by atoms with Gasteiger partial charge in [-0.25, -0.2) is 8.78 Å². The van der Waals surface area contributed by atoms with Gasteiger partial charge in [0.05, 0.1) is 0 Å². The van der Waals surface area contributed by atoms with Gasteiger partial charge in [-0.1, -0.05) is 31.2 Å². The Labute approximate surface area is 113 Å². The van der Waals surface area contributed by atoms with Crippen LogP contribution >= 0.6 is 0 Å². The number of nitrogens with zero attached hydrogens (tertiary/aromatic N) is 1. The summed E-state index contributed by atoms with van der Waals surface area (Å²) in [6.07, 6.45) is -1.22. The molecule has 2 rings (SSSR count). The van der Waals surface area contributed by atoms with E-state index in [2.05, 4.69) is 17.1 Å². The molecule has 106 valence electrons. The summed E-state index contributed by atoms with van der Waals surface area (Å²) >= 11 is 0. The number of halogens is 2. The second kappa shape index (κ2) is 6.44. The minimum absolute atomic E-state index is 0.106. The largest absolute Gasteiger partial charge is 0.319 e. The fourth-order valence-electron chi connectivity index (χ4n) is 3.08. The number of nitrogens with one attached hydrogen (secondary N) is 1. The van der Waals surface area contributed by atoms with Crippen LogP contribution in [0.25, 0.3) is 0 Å². The molecule has 1 aliphatic heterocycles. The molecule has 1 aromatic rings. The van der Waals surface area contributed by atoms with Crippen molar-refractivity contribution in [3.05, 3.63) is 35.4 Å². The van der Waals surface area contributed by atoms with Gasteiger partial charge in [0.2, 0.25) is 0 Å². The average molecular weight is 268 g/mol. The van der Waals surface area contributed by atoms with Crippen molar-refractivity contribution in [3.63, 3.8) is 0 Å². The number of likely N-dealkylation sites (tertiary alicyclic amines) is 1. The van der Waals surface area contributed by atoms with Gasteiger partial charge in [0.15, 0.2) is 0 Å². The molecule has 1 saturated heterocycles. The predicted molar refractivity (Wildman–Crippen MR) is 73.4 cm³/mol. The van der Waals surface area contributed by atoms with E-state index >= 15 is 0 Å².